The first kappa shape index (κ1) is 63.3. The zero-order chi connectivity index (χ0) is 59.6. The van der Waals surface area contributed by atoms with E-state index in [1.807, 2.05) is 55.5 Å². The van der Waals surface area contributed by atoms with Crippen LogP contribution in [-0.4, -0.2) is 127 Å². The number of hydrogen-bond donors (Lipinski definition) is 12. The van der Waals surface area contributed by atoms with Crippen LogP contribution in [0, 0.1) is 0 Å². The monoisotopic (exact) mass is 1160 g/mol. The van der Waals surface area contributed by atoms with Gasteiger partial charge in [0.15, 0.2) is 5.96 Å². The predicted octanol–water partition coefficient (Wildman–Crippen LogP) is 2.80. The summed E-state index contributed by atoms with van der Waals surface area (Å²) in [6.07, 6.45) is 6.15. The number of nitrogens with zero attached hydrogens (tertiary/aromatic N) is 2. The average Bonchev–Trinajstić information content (AvgIpc) is 4.14. The number of hydrogen-bond acceptors (Lipinski definition) is 12. The zero-order valence-corrected chi connectivity index (χ0v) is 48.9. The number of nitrogens with one attached hydrogen (secondary N) is 9. The van der Waals surface area contributed by atoms with Crippen LogP contribution in [0.15, 0.2) is 103 Å². The molecule has 0 spiro atoms. The highest BCUT2D eigenvalue weighted by Crippen LogP contribution is 2.36. The van der Waals surface area contributed by atoms with Crippen LogP contribution in [0.4, 0.5) is 0 Å². The minimum atomic E-state index is -1.39. The van der Waals surface area contributed by atoms with Crippen molar-refractivity contribution in [2.24, 2.45) is 22.2 Å². The Labute approximate surface area is 486 Å². The highest BCUT2D eigenvalue weighted by Gasteiger charge is 2.42. The first-order valence-electron chi connectivity index (χ1n) is 27.4. The molecule has 22 nitrogen and oxygen atoms in total. The van der Waals surface area contributed by atoms with Crippen LogP contribution in [0.2, 0.25) is 0 Å². The fourth-order valence-electron chi connectivity index (χ4n) is 9.54. The standard InChI is InChI=1S/C58H78N14O8S2/c1-7-8-22-42(66-34(2)73)51(76)72-48-55(80)70-46(28-39-30-62-33-65-39)53(78)68-44(26-35-17-10-9-11-18-35)52(77)67-43(24-16-25-63-56(60)61)50(75)69-45(27-38-29-64-41-23-15-14-21-40(38)41)54(79)71-47(49(59)74)57(3,4)81-31-36-19-12-13-20-37(36)32-82-58(48,5)6/h9-15,17-21,23,29-30,33,42-48,64H,7-8,16,22,24-28,31-32H2,1-6H3,(H2,59,74)(H,62,65)(H,66,73)(H,67,77)(H,68,78)(H,69,75)(H,70,80)(H,71,79)(H,72,76)(H4,60,61,63)/t42-,43-,44+,45-,46-,47+,48+/m0/s1. The van der Waals surface area contributed by atoms with Crippen LogP contribution in [0.5, 0.6) is 0 Å². The van der Waals surface area contributed by atoms with E-state index in [0.717, 1.165) is 28.5 Å². The van der Waals surface area contributed by atoms with Crippen LogP contribution in [0.3, 0.4) is 0 Å². The van der Waals surface area contributed by atoms with Gasteiger partial charge in [0, 0.05) is 82.7 Å². The first-order chi connectivity index (χ1) is 39.0. The van der Waals surface area contributed by atoms with Gasteiger partial charge in [-0.3, -0.25) is 43.3 Å². The number of nitrogens with two attached hydrogens (primary N) is 3. The quantitative estimate of drug-likeness (QED) is 0.0363. The maximum atomic E-state index is 15.2. The molecule has 1 aliphatic heterocycles. The molecule has 8 amide bonds. The molecule has 3 aromatic carbocycles. The second-order valence-electron chi connectivity index (χ2n) is 21.5. The zero-order valence-electron chi connectivity index (χ0n) is 47.3. The van der Waals surface area contributed by atoms with Gasteiger partial charge in [0.2, 0.25) is 47.3 Å². The third-order valence-electron chi connectivity index (χ3n) is 14.2. The molecule has 440 valence electrons. The molecule has 0 saturated carbocycles. The minimum Gasteiger partial charge on any atom is -0.370 e. The van der Waals surface area contributed by atoms with Crippen LogP contribution >= 0.6 is 23.5 Å². The molecular formula is C58H78N14O8S2. The van der Waals surface area contributed by atoms with Gasteiger partial charge in [-0.1, -0.05) is 92.6 Å². The van der Waals surface area contributed by atoms with Crippen LogP contribution < -0.4 is 54.4 Å². The number of rotatable bonds is 17. The summed E-state index contributed by atoms with van der Waals surface area (Å²) in [5.74, 6) is -5.17. The van der Waals surface area contributed by atoms with Crippen LogP contribution in [-0.2, 0) is 69.1 Å². The average molecular weight is 1160 g/mol. The second-order valence-corrected chi connectivity index (χ2v) is 24.7. The van der Waals surface area contributed by atoms with Crippen molar-refractivity contribution in [2.75, 3.05) is 6.54 Å². The molecule has 7 atom stereocenters. The minimum absolute atomic E-state index is 0.0442. The lowest BCUT2D eigenvalue weighted by Crippen LogP contribution is -2.63. The van der Waals surface area contributed by atoms with Crippen LogP contribution in [0.25, 0.3) is 10.9 Å². The third-order valence-corrected chi connectivity index (χ3v) is 17.1. The van der Waals surface area contributed by atoms with Gasteiger partial charge < -0.3 is 64.4 Å². The van der Waals surface area contributed by atoms with E-state index in [1.54, 1.807) is 64.2 Å². The van der Waals surface area contributed by atoms with Crippen molar-refractivity contribution in [1.29, 1.82) is 0 Å². The molecule has 3 heterocycles. The van der Waals surface area contributed by atoms with Crippen molar-refractivity contribution in [1.82, 2.24) is 52.2 Å². The summed E-state index contributed by atoms with van der Waals surface area (Å²) in [6.45, 7) is 10.5. The molecule has 5 aromatic rings. The van der Waals surface area contributed by atoms with Crippen molar-refractivity contribution < 1.29 is 38.4 Å². The molecule has 0 aliphatic carbocycles. The van der Waals surface area contributed by atoms with Crippen molar-refractivity contribution in [3.05, 3.63) is 126 Å². The number of primary amides is 1. The number of benzene rings is 3. The number of aromatic amines is 2. The number of aromatic nitrogens is 3. The number of unbranched alkanes of at least 4 members (excludes halogenated alkanes) is 1. The molecule has 6 rings (SSSR count). The van der Waals surface area contributed by atoms with E-state index in [9.17, 15) is 28.8 Å². The summed E-state index contributed by atoms with van der Waals surface area (Å²) in [5, 5.41) is 20.8. The summed E-state index contributed by atoms with van der Waals surface area (Å²) in [7, 11) is 0. The van der Waals surface area contributed by atoms with Gasteiger partial charge in [0.1, 0.15) is 42.3 Å². The van der Waals surface area contributed by atoms with Gasteiger partial charge in [0.25, 0.3) is 0 Å². The Kier molecular flexibility index (Phi) is 23.0. The van der Waals surface area contributed by atoms with E-state index in [1.165, 1.54) is 43.0 Å². The lowest BCUT2D eigenvalue weighted by Gasteiger charge is -2.36. The molecule has 0 radical (unpaired) electrons. The van der Waals surface area contributed by atoms with E-state index < -0.39 is 99.0 Å². The Bertz CT molecular complexity index is 3040. The van der Waals surface area contributed by atoms with Crippen molar-refractivity contribution in [3.8, 4) is 0 Å². The number of aliphatic imine (C=N–C) groups is 1. The summed E-state index contributed by atoms with van der Waals surface area (Å²) < 4.78 is -2.17. The Morgan fingerprint density at radius 2 is 1.27 bits per heavy atom. The summed E-state index contributed by atoms with van der Waals surface area (Å²) >= 11 is 2.75. The van der Waals surface area contributed by atoms with Gasteiger partial charge >= 0.3 is 0 Å². The Balaban J connectivity index is 1.47. The van der Waals surface area contributed by atoms with Gasteiger partial charge in [0.05, 0.1) is 6.33 Å². The van der Waals surface area contributed by atoms with E-state index >= 15 is 9.59 Å². The lowest BCUT2D eigenvalue weighted by molar-refractivity contribution is -0.136. The number of para-hydroxylation sites is 1. The molecular weight excluding hydrogens is 1080 g/mol. The first-order valence-corrected chi connectivity index (χ1v) is 29.4. The van der Waals surface area contributed by atoms with Crippen molar-refractivity contribution in [2.45, 2.75) is 156 Å². The molecule has 0 fully saturated rings. The smallest absolute Gasteiger partial charge is 0.244 e. The third kappa shape index (κ3) is 18.3. The molecule has 24 heteroatoms. The second kappa shape index (κ2) is 29.7. The lowest BCUT2D eigenvalue weighted by atomic mass is 9.99. The number of carbonyl (C=O) groups excluding carboxylic acids is 8. The van der Waals surface area contributed by atoms with Gasteiger partial charge in [-0.2, -0.15) is 0 Å². The summed E-state index contributed by atoms with van der Waals surface area (Å²) in [5.41, 5.74) is 21.7. The maximum Gasteiger partial charge on any atom is 0.244 e. The largest absolute Gasteiger partial charge is 0.370 e. The number of thioether (sulfide) groups is 2. The maximum absolute atomic E-state index is 15.2. The number of carbonyl (C=O) groups is 8. The molecule has 2 aromatic heterocycles. The Morgan fingerprint density at radius 3 is 1.89 bits per heavy atom. The molecule has 82 heavy (non-hydrogen) atoms. The van der Waals surface area contributed by atoms with Crippen LogP contribution in [0.1, 0.15) is 102 Å². The summed E-state index contributed by atoms with van der Waals surface area (Å²) in [4.78, 5) is 130. The highest BCUT2D eigenvalue weighted by molar-refractivity contribution is 8.00. The van der Waals surface area contributed by atoms with Crippen molar-refractivity contribution in [3.63, 3.8) is 0 Å². The van der Waals surface area contributed by atoms with E-state index in [2.05, 4.69) is 57.2 Å². The summed E-state index contributed by atoms with van der Waals surface area (Å²) in [6, 6.07) is 14.9. The van der Waals surface area contributed by atoms with Gasteiger partial charge in [-0.05, 0) is 75.3 Å². The highest BCUT2D eigenvalue weighted by atomic mass is 32.2. The molecule has 15 N–H and O–H groups in total. The topological polar surface area (TPSA) is 356 Å². The predicted molar refractivity (Wildman–Crippen MR) is 319 cm³/mol. The Morgan fingerprint density at radius 1 is 0.695 bits per heavy atom. The van der Waals surface area contributed by atoms with Gasteiger partial charge in [-0.15, -0.1) is 23.5 Å². The number of H-pyrrole nitrogens is 2. The van der Waals surface area contributed by atoms with E-state index in [4.69, 9.17) is 17.2 Å². The fourth-order valence-corrected chi connectivity index (χ4v) is 11.8. The molecule has 1 aliphatic rings. The number of imidazole rings is 1. The number of fused-ring (bicyclic) bond motifs is 2. The van der Waals surface area contributed by atoms with E-state index in [-0.39, 0.29) is 44.6 Å². The molecule has 0 saturated heterocycles. The van der Waals surface area contributed by atoms with Crippen molar-refractivity contribution >= 4 is 87.6 Å². The SMILES string of the molecule is CCCC[C@H](NC(C)=O)C(=O)N[C@@H]1C(=O)N[C@@H](Cc2cnc[nH]2)C(=O)N[C@H](Cc2ccccc2)C(=O)N[C@@H](CCCN=C(N)N)C(=O)N[C@@H](Cc2c[nH]c3ccccc23)C(=O)N[C@H](C(N)=O)C(C)(C)SCc2ccccc2CSC1(C)C. The fraction of sp³-hybridized carbons (Fsp3) is 0.448. The molecule has 0 bridgehead atoms. The van der Waals surface area contributed by atoms with Gasteiger partial charge in [-0.25, -0.2) is 4.98 Å². The van der Waals surface area contributed by atoms with E-state index in [0.29, 0.717) is 41.2 Å². The molecule has 0 unspecified atom stereocenters. The Hall–Kier alpha value is -7.86. The normalized spacial score (nSPS) is 21.6. The number of guanidine groups is 1. The number of amides is 8.